The zero-order chi connectivity index (χ0) is 16.7. The van der Waals surface area contributed by atoms with Crippen molar-refractivity contribution in [1.29, 1.82) is 5.26 Å². The van der Waals surface area contributed by atoms with Crippen molar-refractivity contribution in [2.75, 3.05) is 13.2 Å². The van der Waals surface area contributed by atoms with E-state index in [1.54, 1.807) is 17.4 Å². The van der Waals surface area contributed by atoms with Crippen LogP contribution in [0.4, 0.5) is 0 Å². The highest BCUT2D eigenvalue weighted by atomic mass is 32.1. The molecule has 0 aromatic heterocycles. The molecular weight excluding hydrogens is 310 g/mol. The Labute approximate surface area is 141 Å². The van der Waals surface area contributed by atoms with Crippen LogP contribution < -0.4 is 15.9 Å². The average molecular weight is 329 g/mol. The first kappa shape index (κ1) is 16.6. The van der Waals surface area contributed by atoms with Gasteiger partial charge in [0, 0.05) is 18.9 Å². The first-order chi connectivity index (χ1) is 11.1. The standard InChI is InChI=1S/C16H19N5OS/c1-2-22-15-6-4-3-5-13(15)7-8-20-9-10-21(19-16(18)23)12-14(20)11-17/h3-6,9-10,12H,2,7-8H2,1H3,(H3,18,19,23). The summed E-state index contributed by atoms with van der Waals surface area (Å²) in [5, 5.41) is 11.0. The van der Waals surface area contributed by atoms with Crippen molar-refractivity contribution in [2.45, 2.75) is 13.3 Å². The number of nitrogens with two attached hydrogens (primary N) is 1. The molecule has 0 saturated carbocycles. The third kappa shape index (κ3) is 4.63. The molecule has 7 heteroatoms. The number of rotatable bonds is 6. The third-order valence-corrected chi connectivity index (χ3v) is 3.32. The fourth-order valence-electron chi connectivity index (χ4n) is 2.21. The van der Waals surface area contributed by atoms with E-state index in [2.05, 4.69) is 11.5 Å². The molecule has 0 atom stereocenters. The van der Waals surface area contributed by atoms with Crippen LogP contribution in [0.3, 0.4) is 0 Å². The maximum atomic E-state index is 9.31. The summed E-state index contributed by atoms with van der Waals surface area (Å²) < 4.78 is 5.63. The van der Waals surface area contributed by atoms with E-state index >= 15 is 0 Å². The van der Waals surface area contributed by atoms with Crippen LogP contribution in [0.25, 0.3) is 0 Å². The molecular formula is C16H19N5OS. The molecule has 0 fully saturated rings. The number of ether oxygens (including phenoxy) is 1. The topological polar surface area (TPSA) is 77.6 Å². The molecule has 3 N–H and O–H groups in total. The highest BCUT2D eigenvalue weighted by Crippen LogP contribution is 2.20. The number of hydrogen-bond acceptors (Lipinski definition) is 5. The van der Waals surface area contributed by atoms with Gasteiger partial charge in [-0.3, -0.25) is 10.4 Å². The van der Waals surface area contributed by atoms with Crippen molar-refractivity contribution < 1.29 is 4.74 Å². The van der Waals surface area contributed by atoms with Gasteiger partial charge in [-0.1, -0.05) is 18.2 Å². The highest BCUT2D eigenvalue weighted by Gasteiger charge is 2.14. The van der Waals surface area contributed by atoms with Crippen LogP contribution in [0.1, 0.15) is 12.5 Å². The normalized spacial score (nSPS) is 13.3. The summed E-state index contributed by atoms with van der Waals surface area (Å²) >= 11 is 4.79. The minimum atomic E-state index is 0.141. The largest absolute Gasteiger partial charge is 0.494 e. The van der Waals surface area contributed by atoms with Crippen molar-refractivity contribution in [2.24, 2.45) is 5.73 Å². The molecule has 120 valence electrons. The van der Waals surface area contributed by atoms with E-state index < -0.39 is 0 Å². The number of nitriles is 1. The maximum absolute atomic E-state index is 9.31. The molecule has 2 rings (SSSR count). The van der Waals surface area contributed by atoms with E-state index in [0.717, 1.165) is 17.7 Å². The van der Waals surface area contributed by atoms with Gasteiger partial charge in [-0.15, -0.1) is 0 Å². The molecule has 0 saturated heterocycles. The molecule has 1 aliphatic heterocycles. The molecule has 1 aromatic rings. The zero-order valence-corrected chi connectivity index (χ0v) is 13.7. The molecule has 23 heavy (non-hydrogen) atoms. The van der Waals surface area contributed by atoms with Gasteiger partial charge in [-0.05, 0) is 37.2 Å². The maximum Gasteiger partial charge on any atom is 0.183 e. The molecule has 0 aliphatic carbocycles. The predicted molar refractivity (Wildman–Crippen MR) is 92.6 cm³/mol. The Balaban J connectivity index is 2.03. The Bertz CT molecular complexity index is 665. The van der Waals surface area contributed by atoms with Crippen LogP contribution in [0.2, 0.25) is 0 Å². The van der Waals surface area contributed by atoms with E-state index in [9.17, 15) is 5.26 Å². The molecule has 0 unspecified atom stereocenters. The van der Waals surface area contributed by atoms with Crippen molar-refractivity contribution in [3.63, 3.8) is 0 Å². The number of para-hydroxylation sites is 1. The van der Waals surface area contributed by atoms with Crippen LogP contribution in [-0.4, -0.2) is 28.2 Å². The van der Waals surface area contributed by atoms with Crippen molar-refractivity contribution >= 4 is 17.3 Å². The van der Waals surface area contributed by atoms with Crippen LogP contribution in [0.5, 0.6) is 5.75 Å². The van der Waals surface area contributed by atoms with E-state index in [1.807, 2.05) is 42.3 Å². The van der Waals surface area contributed by atoms with Crippen LogP contribution in [0.15, 0.2) is 48.6 Å². The molecule has 0 spiro atoms. The first-order valence-corrected chi connectivity index (χ1v) is 7.67. The third-order valence-electron chi connectivity index (χ3n) is 3.23. The van der Waals surface area contributed by atoms with Crippen molar-refractivity contribution in [3.05, 3.63) is 54.1 Å². The smallest absolute Gasteiger partial charge is 0.183 e. The fraction of sp³-hybridized carbons (Fsp3) is 0.250. The molecule has 1 heterocycles. The summed E-state index contributed by atoms with van der Waals surface area (Å²) in [7, 11) is 0. The summed E-state index contributed by atoms with van der Waals surface area (Å²) in [6.45, 7) is 3.26. The lowest BCUT2D eigenvalue weighted by molar-refractivity contribution is 0.333. The van der Waals surface area contributed by atoms with E-state index in [4.69, 9.17) is 22.7 Å². The summed E-state index contributed by atoms with van der Waals surface area (Å²) in [6, 6.07) is 10.1. The second-order valence-electron chi connectivity index (χ2n) is 4.79. The number of benzene rings is 1. The summed E-state index contributed by atoms with van der Waals surface area (Å²) in [6.07, 6.45) is 5.98. The lowest BCUT2D eigenvalue weighted by Gasteiger charge is -2.28. The van der Waals surface area contributed by atoms with Crippen molar-refractivity contribution in [1.82, 2.24) is 15.3 Å². The number of allylic oxidation sites excluding steroid dienone is 1. The Morgan fingerprint density at radius 2 is 2.17 bits per heavy atom. The van der Waals surface area contributed by atoms with E-state index in [-0.39, 0.29) is 5.11 Å². The number of nitrogens with one attached hydrogen (secondary N) is 1. The van der Waals surface area contributed by atoms with Gasteiger partial charge < -0.3 is 15.4 Å². The first-order valence-electron chi connectivity index (χ1n) is 7.26. The van der Waals surface area contributed by atoms with E-state index in [1.165, 1.54) is 0 Å². The van der Waals surface area contributed by atoms with Gasteiger partial charge in [0.2, 0.25) is 0 Å². The molecule has 1 aliphatic rings. The lowest BCUT2D eigenvalue weighted by atomic mass is 10.1. The van der Waals surface area contributed by atoms with Crippen LogP contribution in [0, 0.1) is 11.3 Å². The molecule has 1 aromatic carbocycles. The Kier molecular flexibility index (Phi) is 5.83. The van der Waals surface area contributed by atoms with Gasteiger partial charge in [0.05, 0.1) is 12.8 Å². The number of hydrogen-bond donors (Lipinski definition) is 2. The second-order valence-corrected chi connectivity index (χ2v) is 5.23. The van der Waals surface area contributed by atoms with Gasteiger partial charge in [0.25, 0.3) is 0 Å². The Hall–Kier alpha value is -2.72. The number of hydrazine groups is 1. The lowest BCUT2D eigenvalue weighted by Crippen LogP contribution is -2.41. The SMILES string of the molecule is CCOc1ccccc1CCN1C=CN(NC(N)=S)C=C1C#N. The molecule has 0 bridgehead atoms. The van der Waals surface area contributed by atoms with Gasteiger partial charge in [0.15, 0.2) is 5.11 Å². The fourth-order valence-corrected chi connectivity index (χ4v) is 2.32. The monoisotopic (exact) mass is 329 g/mol. The quantitative estimate of drug-likeness (QED) is 0.771. The molecule has 6 nitrogen and oxygen atoms in total. The van der Waals surface area contributed by atoms with Crippen LogP contribution >= 0.6 is 12.2 Å². The number of thiocarbonyl (C=S) groups is 1. The summed E-state index contributed by atoms with van der Waals surface area (Å²) in [5.41, 5.74) is 9.80. The zero-order valence-electron chi connectivity index (χ0n) is 12.9. The second kappa shape index (κ2) is 8.06. The summed E-state index contributed by atoms with van der Waals surface area (Å²) in [4.78, 5) is 1.88. The summed E-state index contributed by atoms with van der Waals surface area (Å²) in [5.74, 6) is 0.884. The Morgan fingerprint density at radius 3 is 2.87 bits per heavy atom. The Morgan fingerprint density at radius 1 is 1.39 bits per heavy atom. The predicted octanol–water partition coefficient (Wildman–Crippen LogP) is 1.83. The molecule has 0 amide bonds. The minimum Gasteiger partial charge on any atom is -0.494 e. The van der Waals surface area contributed by atoms with Crippen molar-refractivity contribution in [3.8, 4) is 11.8 Å². The van der Waals surface area contributed by atoms with Gasteiger partial charge in [0.1, 0.15) is 17.5 Å². The van der Waals surface area contributed by atoms with Gasteiger partial charge in [-0.25, -0.2) is 0 Å². The highest BCUT2D eigenvalue weighted by molar-refractivity contribution is 7.80. The van der Waals surface area contributed by atoms with Gasteiger partial charge in [-0.2, -0.15) is 5.26 Å². The molecule has 0 radical (unpaired) electrons. The average Bonchev–Trinajstić information content (AvgIpc) is 2.54. The van der Waals surface area contributed by atoms with Gasteiger partial charge >= 0.3 is 0 Å². The van der Waals surface area contributed by atoms with Crippen LogP contribution in [-0.2, 0) is 6.42 Å². The number of nitrogens with zero attached hydrogens (tertiary/aromatic N) is 3. The van der Waals surface area contributed by atoms with E-state index in [0.29, 0.717) is 18.8 Å². The minimum absolute atomic E-state index is 0.141.